The van der Waals surface area contributed by atoms with Crippen molar-refractivity contribution in [1.29, 1.82) is 0 Å². The molecule has 8 heteroatoms. The van der Waals surface area contributed by atoms with E-state index >= 15 is 0 Å². The van der Waals surface area contributed by atoms with E-state index in [-0.39, 0.29) is 11.7 Å². The summed E-state index contributed by atoms with van der Waals surface area (Å²) in [6.07, 6.45) is 2.58. The van der Waals surface area contributed by atoms with Gasteiger partial charge in [0.05, 0.1) is 7.11 Å². The molecule has 0 radical (unpaired) electrons. The SMILES string of the molecule is COc1ccc(NC(=O)c2ccc(NC(=O)/C=C/c3ccccc3OC(F)F)cc2)cc1. The van der Waals surface area contributed by atoms with Gasteiger partial charge in [0.15, 0.2) is 0 Å². The van der Waals surface area contributed by atoms with Gasteiger partial charge in [-0.05, 0) is 60.7 Å². The number of hydrogen-bond donors (Lipinski definition) is 2. The van der Waals surface area contributed by atoms with Crippen molar-refractivity contribution in [2.75, 3.05) is 17.7 Å². The van der Waals surface area contributed by atoms with Crippen LogP contribution in [-0.4, -0.2) is 25.5 Å². The Morgan fingerprint density at radius 1 is 0.875 bits per heavy atom. The van der Waals surface area contributed by atoms with Crippen molar-refractivity contribution >= 4 is 29.3 Å². The summed E-state index contributed by atoms with van der Waals surface area (Å²) >= 11 is 0. The lowest BCUT2D eigenvalue weighted by Gasteiger charge is -2.08. The van der Waals surface area contributed by atoms with E-state index in [1.807, 2.05) is 0 Å². The van der Waals surface area contributed by atoms with Crippen LogP contribution in [0.1, 0.15) is 15.9 Å². The predicted molar refractivity (Wildman–Crippen MR) is 118 cm³/mol. The molecule has 0 fully saturated rings. The molecule has 0 aromatic heterocycles. The minimum atomic E-state index is -2.96. The minimum absolute atomic E-state index is 0.0289. The number of rotatable bonds is 8. The topological polar surface area (TPSA) is 76.7 Å². The monoisotopic (exact) mass is 438 g/mol. The zero-order chi connectivity index (χ0) is 22.9. The van der Waals surface area contributed by atoms with E-state index < -0.39 is 12.5 Å². The number of nitrogens with one attached hydrogen (secondary N) is 2. The van der Waals surface area contributed by atoms with Gasteiger partial charge in [-0.2, -0.15) is 8.78 Å². The fourth-order valence-corrected chi connectivity index (χ4v) is 2.75. The smallest absolute Gasteiger partial charge is 0.387 e. The van der Waals surface area contributed by atoms with Crippen molar-refractivity contribution in [3.8, 4) is 11.5 Å². The highest BCUT2D eigenvalue weighted by molar-refractivity contribution is 6.05. The number of carbonyl (C=O) groups excluding carboxylic acids is 2. The zero-order valence-corrected chi connectivity index (χ0v) is 17.0. The van der Waals surface area contributed by atoms with Crippen LogP contribution in [-0.2, 0) is 4.79 Å². The molecular formula is C24H20F2N2O4. The van der Waals surface area contributed by atoms with E-state index in [9.17, 15) is 18.4 Å². The Morgan fingerprint density at radius 3 is 2.16 bits per heavy atom. The Hall–Kier alpha value is -4.20. The molecule has 0 aliphatic heterocycles. The van der Waals surface area contributed by atoms with Crippen LogP contribution < -0.4 is 20.1 Å². The first-order valence-corrected chi connectivity index (χ1v) is 9.53. The summed E-state index contributed by atoms with van der Waals surface area (Å²) in [5.74, 6) is -0.114. The quantitative estimate of drug-likeness (QED) is 0.474. The number of methoxy groups -OCH3 is 1. The number of alkyl halides is 2. The maximum Gasteiger partial charge on any atom is 0.387 e. The fourth-order valence-electron chi connectivity index (χ4n) is 2.75. The largest absolute Gasteiger partial charge is 0.497 e. The molecular weight excluding hydrogens is 418 g/mol. The van der Waals surface area contributed by atoms with Crippen LogP contribution >= 0.6 is 0 Å². The van der Waals surface area contributed by atoms with Gasteiger partial charge < -0.3 is 20.1 Å². The summed E-state index contributed by atoms with van der Waals surface area (Å²) in [5, 5.41) is 5.41. The molecule has 3 aromatic carbocycles. The van der Waals surface area contributed by atoms with Gasteiger partial charge in [0.25, 0.3) is 5.91 Å². The van der Waals surface area contributed by atoms with Crippen molar-refractivity contribution in [1.82, 2.24) is 0 Å². The van der Waals surface area contributed by atoms with Crippen molar-refractivity contribution in [3.63, 3.8) is 0 Å². The second kappa shape index (κ2) is 10.7. The first-order valence-electron chi connectivity index (χ1n) is 9.53. The van der Waals surface area contributed by atoms with E-state index in [1.54, 1.807) is 73.8 Å². The highest BCUT2D eigenvalue weighted by atomic mass is 19.3. The highest BCUT2D eigenvalue weighted by Crippen LogP contribution is 2.22. The molecule has 2 N–H and O–H groups in total. The van der Waals surface area contributed by atoms with Crippen LogP contribution in [0, 0.1) is 0 Å². The maximum absolute atomic E-state index is 12.5. The average molecular weight is 438 g/mol. The molecule has 0 saturated heterocycles. The third-order valence-electron chi connectivity index (χ3n) is 4.31. The van der Waals surface area contributed by atoms with E-state index in [4.69, 9.17) is 4.74 Å². The molecule has 0 aliphatic carbocycles. The van der Waals surface area contributed by atoms with Gasteiger partial charge in [0.1, 0.15) is 11.5 Å². The van der Waals surface area contributed by atoms with Gasteiger partial charge in [-0.15, -0.1) is 0 Å². The summed E-state index contributed by atoms with van der Waals surface area (Å²) < 4.78 is 34.4. The second-order valence-corrected chi connectivity index (χ2v) is 6.50. The summed E-state index contributed by atoms with van der Waals surface area (Å²) in [6.45, 7) is -2.96. The number of anilines is 2. The first kappa shape index (κ1) is 22.5. The van der Waals surface area contributed by atoms with E-state index in [2.05, 4.69) is 15.4 Å². The standard InChI is InChI=1S/C24H20F2N2O4/c1-31-20-13-11-19(12-14-20)28-23(30)17-6-9-18(10-7-17)27-22(29)15-8-16-4-2-3-5-21(16)32-24(25)26/h2-15,24H,1H3,(H,27,29)(H,28,30)/b15-8+. The van der Waals surface area contributed by atoms with Crippen LogP contribution in [0.2, 0.25) is 0 Å². The number of amides is 2. The molecule has 0 bridgehead atoms. The lowest BCUT2D eigenvalue weighted by atomic mass is 10.1. The van der Waals surface area contributed by atoms with Crippen LogP contribution in [0.15, 0.2) is 78.9 Å². The summed E-state index contributed by atoms with van der Waals surface area (Å²) in [5.41, 5.74) is 1.84. The second-order valence-electron chi connectivity index (χ2n) is 6.50. The highest BCUT2D eigenvalue weighted by Gasteiger charge is 2.09. The van der Waals surface area contributed by atoms with E-state index in [1.165, 1.54) is 18.2 Å². The number of benzene rings is 3. The third-order valence-corrected chi connectivity index (χ3v) is 4.31. The molecule has 3 rings (SSSR count). The molecule has 164 valence electrons. The molecule has 2 amide bonds. The van der Waals surface area contributed by atoms with Crippen molar-refractivity contribution < 1.29 is 27.8 Å². The molecule has 0 atom stereocenters. The number of carbonyl (C=O) groups is 2. The number of ether oxygens (including phenoxy) is 2. The lowest BCUT2D eigenvalue weighted by molar-refractivity contribution is -0.111. The molecule has 3 aromatic rings. The average Bonchev–Trinajstić information content (AvgIpc) is 2.79. The van der Waals surface area contributed by atoms with E-state index in [0.29, 0.717) is 28.3 Å². The summed E-state index contributed by atoms with van der Waals surface area (Å²) in [7, 11) is 1.56. The van der Waals surface area contributed by atoms with Crippen molar-refractivity contribution in [2.45, 2.75) is 6.61 Å². The first-order chi connectivity index (χ1) is 15.4. The third kappa shape index (κ3) is 6.40. The Labute approximate surface area is 183 Å². The Morgan fingerprint density at radius 2 is 1.50 bits per heavy atom. The molecule has 0 spiro atoms. The molecule has 32 heavy (non-hydrogen) atoms. The predicted octanol–water partition coefficient (Wildman–Crippen LogP) is 5.20. The van der Waals surface area contributed by atoms with Crippen LogP contribution in [0.4, 0.5) is 20.2 Å². The Balaban J connectivity index is 1.58. The van der Waals surface area contributed by atoms with Gasteiger partial charge in [0.2, 0.25) is 5.91 Å². The van der Waals surface area contributed by atoms with Crippen molar-refractivity contribution in [2.24, 2.45) is 0 Å². The normalized spacial score (nSPS) is 10.8. The van der Waals surface area contributed by atoms with Crippen LogP contribution in [0.5, 0.6) is 11.5 Å². The summed E-state index contributed by atoms with van der Waals surface area (Å²) in [6, 6.07) is 19.4. The van der Waals surface area contributed by atoms with Gasteiger partial charge in [0, 0.05) is 28.6 Å². The lowest BCUT2D eigenvalue weighted by Crippen LogP contribution is -2.12. The van der Waals surface area contributed by atoms with Gasteiger partial charge in [-0.1, -0.05) is 18.2 Å². The van der Waals surface area contributed by atoms with E-state index in [0.717, 1.165) is 0 Å². The molecule has 0 aliphatic rings. The fraction of sp³-hybridized carbons (Fsp3) is 0.0833. The minimum Gasteiger partial charge on any atom is -0.497 e. The Bertz CT molecular complexity index is 1100. The Kier molecular flexibility index (Phi) is 7.53. The molecule has 0 heterocycles. The van der Waals surface area contributed by atoms with Crippen LogP contribution in [0.25, 0.3) is 6.08 Å². The zero-order valence-electron chi connectivity index (χ0n) is 17.0. The molecule has 0 saturated carbocycles. The number of halogens is 2. The molecule has 6 nitrogen and oxygen atoms in total. The van der Waals surface area contributed by atoms with Crippen LogP contribution in [0.3, 0.4) is 0 Å². The van der Waals surface area contributed by atoms with Gasteiger partial charge >= 0.3 is 6.61 Å². The number of hydrogen-bond acceptors (Lipinski definition) is 4. The van der Waals surface area contributed by atoms with Gasteiger partial charge in [-0.25, -0.2) is 0 Å². The van der Waals surface area contributed by atoms with Gasteiger partial charge in [-0.3, -0.25) is 9.59 Å². The summed E-state index contributed by atoms with van der Waals surface area (Å²) in [4.78, 5) is 24.5. The molecule has 0 unspecified atom stereocenters. The van der Waals surface area contributed by atoms with Crippen molar-refractivity contribution in [3.05, 3.63) is 90.0 Å². The number of para-hydroxylation sites is 1. The maximum atomic E-state index is 12.5.